The van der Waals surface area contributed by atoms with E-state index in [0.717, 1.165) is 5.38 Å². The molecule has 3 heteroatoms. The minimum absolute atomic E-state index is 0.440. The van der Waals surface area contributed by atoms with Gasteiger partial charge in [-0.1, -0.05) is 26.6 Å². The third-order valence-corrected chi connectivity index (χ3v) is 3.83. The quantitative estimate of drug-likeness (QED) is 0.756. The maximum atomic E-state index is 9.53. The van der Waals surface area contributed by atoms with Crippen molar-refractivity contribution < 1.29 is 9.52 Å². The fourth-order valence-corrected chi connectivity index (χ4v) is 2.14. The lowest BCUT2D eigenvalue weighted by molar-refractivity contribution is 0.147. The summed E-state index contributed by atoms with van der Waals surface area (Å²) in [6.07, 6.45) is 0.267. The van der Waals surface area contributed by atoms with E-state index < -0.39 is 14.2 Å². The predicted molar refractivity (Wildman–Crippen MR) is 56.9 cm³/mol. The summed E-state index contributed by atoms with van der Waals surface area (Å²) in [5, 5.41) is 10.6. The second kappa shape index (κ2) is 3.68. The van der Waals surface area contributed by atoms with Crippen molar-refractivity contribution >= 4 is 13.5 Å². The van der Waals surface area contributed by atoms with Gasteiger partial charge in [0, 0.05) is 0 Å². The molecule has 2 nitrogen and oxygen atoms in total. The molecular formula is C10H18O2Si. The van der Waals surface area contributed by atoms with Crippen LogP contribution in [0.4, 0.5) is 0 Å². The first-order valence-electron chi connectivity index (χ1n) is 4.73. The van der Waals surface area contributed by atoms with Crippen LogP contribution in [0.5, 0.6) is 0 Å². The number of aliphatic hydroxyl groups excluding tert-OH is 1. The molecule has 0 fully saturated rings. The molecule has 0 aliphatic carbocycles. The molecule has 1 N–H and O–H groups in total. The van der Waals surface area contributed by atoms with Gasteiger partial charge in [0.25, 0.3) is 0 Å². The normalized spacial score (nSPS) is 14.5. The zero-order valence-corrected chi connectivity index (χ0v) is 9.79. The third-order valence-electron chi connectivity index (χ3n) is 2.08. The van der Waals surface area contributed by atoms with Crippen molar-refractivity contribution in [3.05, 3.63) is 17.9 Å². The Balaban J connectivity index is 2.87. The summed E-state index contributed by atoms with van der Waals surface area (Å²) in [7, 11) is -1.35. The van der Waals surface area contributed by atoms with E-state index in [-0.39, 0.29) is 0 Å². The Hall–Kier alpha value is -0.543. The lowest BCUT2D eigenvalue weighted by atomic mass is 10.2. The van der Waals surface area contributed by atoms with E-state index in [1.54, 1.807) is 0 Å². The second-order valence-corrected chi connectivity index (χ2v) is 9.37. The van der Waals surface area contributed by atoms with Crippen LogP contribution in [-0.4, -0.2) is 13.2 Å². The van der Waals surface area contributed by atoms with Gasteiger partial charge in [0.1, 0.15) is 19.9 Å². The summed E-state index contributed by atoms with van der Waals surface area (Å²) in [6.45, 7) is 8.64. The molecule has 0 amide bonds. The fraction of sp³-hybridized carbons (Fsp3) is 0.600. The number of furan rings is 1. The molecule has 0 saturated carbocycles. The SMILES string of the molecule is CC[C@H](O)c1ccc([Si](C)(C)C)o1. The molecule has 0 bridgehead atoms. The lowest BCUT2D eigenvalue weighted by Gasteiger charge is -2.12. The Morgan fingerprint density at radius 1 is 1.38 bits per heavy atom. The molecule has 74 valence electrons. The number of aliphatic hydroxyl groups is 1. The Morgan fingerprint density at radius 3 is 2.38 bits per heavy atom. The molecule has 13 heavy (non-hydrogen) atoms. The molecule has 0 radical (unpaired) electrons. The van der Waals surface area contributed by atoms with Crippen LogP contribution >= 0.6 is 0 Å². The van der Waals surface area contributed by atoms with Gasteiger partial charge in [-0.2, -0.15) is 0 Å². The Bertz CT molecular complexity index is 273. The van der Waals surface area contributed by atoms with Crippen molar-refractivity contribution in [2.75, 3.05) is 0 Å². The van der Waals surface area contributed by atoms with Gasteiger partial charge >= 0.3 is 0 Å². The van der Waals surface area contributed by atoms with E-state index in [0.29, 0.717) is 12.2 Å². The van der Waals surface area contributed by atoms with Crippen LogP contribution in [0, 0.1) is 0 Å². The molecule has 0 spiro atoms. The molecule has 0 unspecified atom stereocenters. The van der Waals surface area contributed by atoms with E-state index in [2.05, 4.69) is 19.6 Å². The van der Waals surface area contributed by atoms with Crippen LogP contribution in [0.1, 0.15) is 25.2 Å². The number of hydrogen-bond acceptors (Lipinski definition) is 2. The van der Waals surface area contributed by atoms with Crippen LogP contribution in [0.2, 0.25) is 19.6 Å². The minimum atomic E-state index is -1.35. The van der Waals surface area contributed by atoms with E-state index in [1.807, 2.05) is 19.1 Å². The molecule has 1 atom stereocenters. The molecule has 1 aromatic heterocycles. The summed E-state index contributed by atoms with van der Waals surface area (Å²) in [6, 6.07) is 3.89. The van der Waals surface area contributed by atoms with Crippen molar-refractivity contribution in [2.24, 2.45) is 0 Å². The number of rotatable bonds is 3. The summed E-state index contributed by atoms with van der Waals surface area (Å²) in [4.78, 5) is 0. The highest BCUT2D eigenvalue weighted by Gasteiger charge is 2.22. The van der Waals surface area contributed by atoms with E-state index in [1.165, 1.54) is 0 Å². The van der Waals surface area contributed by atoms with Crippen molar-refractivity contribution in [1.82, 2.24) is 0 Å². The van der Waals surface area contributed by atoms with Gasteiger partial charge in [-0.05, 0) is 18.6 Å². The molecule has 0 aromatic carbocycles. The Morgan fingerprint density at radius 2 is 2.00 bits per heavy atom. The first-order chi connectivity index (χ1) is 5.95. The van der Waals surface area contributed by atoms with Crippen LogP contribution < -0.4 is 5.38 Å². The first-order valence-corrected chi connectivity index (χ1v) is 8.23. The summed E-state index contributed by atoms with van der Waals surface area (Å²) < 4.78 is 5.61. The van der Waals surface area contributed by atoms with Crippen LogP contribution in [-0.2, 0) is 0 Å². The highest BCUT2D eigenvalue weighted by molar-refractivity contribution is 6.87. The standard InChI is InChI=1S/C10H18O2Si/c1-5-8(11)9-6-7-10(12-9)13(2,3)4/h6-8,11H,5H2,1-4H3/t8-/m0/s1. The third kappa shape index (κ3) is 2.45. The lowest BCUT2D eigenvalue weighted by Crippen LogP contribution is -2.36. The molecular weight excluding hydrogens is 180 g/mol. The van der Waals surface area contributed by atoms with Gasteiger partial charge in [-0.25, -0.2) is 0 Å². The van der Waals surface area contributed by atoms with Gasteiger partial charge in [-0.15, -0.1) is 0 Å². The monoisotopic (exact) mass is 198 g/mol. The largest absolute Gasteiger partial charge is 0.468 e. The maximum absolute atomic E-state index is 9.53. The average molecular weight is 198 g/mol. The second-order valence-electron chi connectivity index (χ2n) is 4.38. The fourth-order valence-electron chi connectivity index (χ4n) is 1.14. The Kier molecular flexibility index (Phi) is 2.98. The van der Waals surface area contributed by atoms with Gasteiger partial charge in [-0.3, -0.25) is 0 Å². The van der Waals surface area contributed by atoms with Gasteiger partial charge in [0.2, 0.25) is 0 Å². The van der Waals surface area contributed by atoms with Crippen molar-refractivity contribution in [1.29, 1.82) is 0 Å². The minimum Gasteiger partial charge on any atom is -0.468 e. The molecule has 0 aliphatic heterocycles. The van der Waals surface area contributed by atoms with Gasteiger partial charge in [0.15, 0.2) is 0 Å². The topological polar surface area (TPSA) is 33.4 Å². The molecule has 1 heterocycles. The summed E-state index contributed by atoms with van der Waals surface area (Å²) >= 11 is 0. The maximum Gasteiger partial charge on any atom is 0.131 e. The molecule has 1 aromatic rings. The van der Waals surface area contributed by atoms with E-state index in [4.69, 9.17) is 4.42 Å². The van der Waals surface area contributed by atoms with Crippen molar-refractivity contribution in [3.63, 3.8) is 0 Å². The predicted octanol–water partition coefficient (Wildman–Crippen LogP) is 2.27. The zero-order valence-electron chi connectivity index (χ0n) is 8.79. The van der Waals surface area contributed by atoms with Crippen molar-refractivity contribution in [3.8, 4) is 0 Å². The van der Waals surface area contributed by atoms with Crippen LogP contribution in [0.25, 0.3) is 0 Å². The van der Waals surface area contributed by atoms with E-state index >= 15 is 0 Å². The van der Waals surface area contributed by atoms with Crippen molar-refractivity contribution in [2.45, 2.75) is 39.1 Å². The highest BCUT2D eigenvalue weighted by atomic mass is 28.3. The average Bonchev–Trinajstić information content (AvgIpc) is 2.50. The molecule has 1 rings (SSSR count). The van der Waals surface area contributed by atoms with Crippen LogP contribution in [0.3, 0.4) is 0 Å². The highest BCUT2D eigenvalue weighted by Crippen LogP contribution is 2.16. The van der Waals surface area contributed by atoms with Gasteiger partial charge < -0.3 is 9.52 Å². The van der Waals surface area contributed by atoms with Crippen LogP contribution in [0.15, 0.2) is 16.5 Å². The number of hydrogen-bond donors (Lipinski definition) is 1. The van der Waals surface area contributed by atoms with E-state index in [9.17, 15) is 5.11 Å². The zero-order chi connectivity index (χ0) is 10.1. The first kappa shape index (κ1) is 10.5. The smallest absolute Gasteiger partial charge is 0.131 e. The Labute approximate surface area is 80.6 Å². The molecule has 0 aliphatic rings. The van der Waals surface area contributed by atoms with Gasteiger partial charge in [0.05, 0.1) is 5.38 Å². The summed E-state index contributed by atoms with van der Waals surface area (Å²) in [5.74, 6) is 0.708. The molecule has 0 saturated heterocycles. The summed E-state index contributed by atoms with van der Waals surface area (Å²) in [5.41, 5.74) is 0.